The highest BCUT2D eigenvalue weighted by Crippen LogP contribution is 2.32. The van der Waals surface area contributed by atoms with Crippen molar-refractivity contribution in [3.8, 4) is 5.75 Å². The van der Waals surface area contributed by atoms with Gasteiger partial charge in [0.15, 0.2) is 6.29 Å². The molecule has 1 aromatic carbocycles. The third-order valence-corrected chi connectivity index (χ3v) is 3.04. The Kier molecular flexibility index (Phi) is 7.31. The topological polar surface area (TPSA) is 95.7 Å². The van der Waals surface area contributed by atoms with Crippen molar-refractivity contribution in [3.05, 3.63) is 32.8 Å². The highest BCUT2D eigenvalue weighted by molar-refractivity contribution is 6.32. The molecule has 0 atom stereocenters. The highest BCUT2D eigenvalue weighted by atomic mass is 35.5. The Morgan fingerprint density at radius 3 is 2.73 bits per heavy atom. The monoisotopic (exact) mass is 329 g/mol. The molecular formula is C14H16ClNO6. The summed E-state index contributed by atoms with van der Waals surface area (Å²) >= 11 is 5.91. The summed E-state index contributed by atoms with van der Waals surface area (Å²) < 4.78 is 10.1. The smallest absolute Gasteiger partial charge is 0.305 e. The number of hydrogen-bond donors (Lipinski definition) is 0. The lowest BCUT2D eigenvalue weighted by Gasteiger charge is -2.08. The van der Waals surface area contributed by atoms with Crippen LogP contribution in [0.1, 0.15) is 36.5 Å². The van der Waals surface area contributed by atoms with Crippen LogP contribution in [0.5, 0.6) is 5.75 Å². The van der Waals surface area contributed by atoms with Crippen LogP contribution >= 0.6 is 11.6 Å². The van der Waals surface area contributed by atoms with Gasteiger partial charge in [-0.25, -0.2) is 0 Å². The lowest BCUT2D eigenvalue weighted by atomic mass is 10.2. The van der Waals surface area contributed by atoms with Gasteiger partial charge in [0.25, 0.3) is 5.69 Å². The van der Waals surface area contributed by atoms with Gasteiger partial charge >= 0.3 is 5.97 Å². The summed E-state index contributed by atoms with van der Waals surface area (Å²) in [6, 6.07) is 2.32. The van der Waals surface area contributed by atoms with Gasteiger partial charge in [0.1, 0.15) is 5.75 Å². The van der Waals surface area contributed by atoms with E-state index in [1.54, 1.807) is 6.92 Å². The van der Waals surface area contributed by atoms with E-state index in [1.807, 2.05) is 0 Å². The fraction of sp³-hybridized carbons (Fsp3) is 0.429. The molecule has 1 aromatic rings. The zero-order chi connectivity index (χ0) is 16.5. The molecule has 8 heteroatoms. The second-order valence-corrected chi connectivity index (χ2v) is 4.73. The van der Waals surface area contributed by atoms with Crippen LogP contribution in [0.2, 0.25) is 5.02 Å². The van der Waals surface area contributed by atoms with Crippen LogP contribution in [0.3, 0.4) is 0 Å². The number of hydrogen-bond acceptors (Lipinski definition) is 6. The number of esters is 1. The van der Waals surface area contributed by atoms with Crippen molar-refractivity contribution in [2.75, 3.05) is 13.2 Å². The molecule has 0 radical (unpaired) electrons. The van der Waals surface area contributed by atoms with Crippen molar-refractivity contribution in [2.24, 2.45) is 0 Å². The van der Waals surface area contributed by atoms with E-state index in [1.165, 1.54) is 6.07 Å². The number of halogens is 1. The Bertz CT molecular complexity index is 561. The predicted molar refractivity (Wildman–Crippen MR) is 79.5 cm³/mol. The van der Waals surface area contributed by atoms with Gasteiger partial charge in [0.05, 0.1) is 34.8 Å². The molecule has 0 spiro atoms. The molecule has 0 amide bonds. The van der Waals surface area contributed by atoms with Gasteiger partial charge in [0.2, 0.25) is 0 Å². The fourth-order valence-corrected chi connectivity index (χ4v) is 1.93. The normalized spacial score (nSPS) is 10.1. The summed E-state index contributed by atoms with van der Waals surface area (Å²) in [5, 5.41) is 11.0. The molecule has 0 fully saturated rings. The second-order valence-electron chi connectivity index (χ2n) is 4.33. The Balaban J connectivity index is 2.56. The summed E-state index contributed by atoms with van der Waals surface area (Å²) in [6.07, 6.45) is 1.80. The number of benzene rings is 1. The molecule has 0 aromatic heterocycles. The predicted octanol–water partition coefficient (Wildman–Crippen LogP) is 3.17. The van der Waals surface area contributed by atoms with E-state index in [-0.39, 0.29) is 41.0 Å². The largest absolute Gasteiger partial charge is 0.492 e. The number of ether oxygens (including phenoxy) is 2. The first-order chi connectivity index (χ1) is 10.5. The summed E-state index contributed by atoms with van der Waals surface area (Å²) in [4.78, 5) is 32.1. The lowest BCUT2D eigenvalue weighted by Crippen LogP contribution is -2.05. The van der Waals surface area contributed by atoms with Crippen molar-refractivity contribution >= 4 is 29.5 Å². The van der Waals surface area contributed by atoms with E-state index in [0.717, 1.165) is 6.07 Å². The number of nitro groups is 1. The van der Waals surface area contributed by atoms with Gasteiger partial charge in [-0.1, -0.05) is 11.6 Å². The molecule has 0 aliphatic carbocycles. The van der Waals surface area contributed by atoms with Crippen molar-refractivity contribution < 1.29 is 24.0 Å². The molecule has 0 aliphatic heterocycles. The molecule has 1 rings (SSSR count). The lowest BCUT2D eigenvalue weighted by molar-refractivity contribution is -0.385. The summed E-state index contributed by atoms with van der Waals surface area (Å²) in [5.74, 6) is -0.137. The zero-order valence-electron chi connectivity index (χ0n) is 12.0. The maximum absolute atomic E-state index is 11.1. The minimum absolute atomic E-state index is 0.107. The van der Waals surface area contributed by atoms with Crippen molar-refractivity contribution in [1.82, 2.24) is 0 Å². The minimum atomic E-state index is -0.673. The van der Waals surface area contributed by atoms with E-state index < -0.39 is 4.92 Å². The molecule has 0 heterocycles. The summed E-state index contributed by atoms with van der Waals surface area (Å²) in [7, 11) is 0. The van der Waals surface area contributed by atoms with Gasteiger partial charge in [-0.2, -0.15) is 0 Å². The number of unbranched alkanes of at least 4 members (excludes halogenated alkanes) is 1. The van der Waals surface area contributed by atoms with Crippen molar-refractivity contribution in [2.45, 2.75) is 26.2 Å². The number of aldehydes is 1. The van der Waals surface area contributed by atoms with E-state index in [4.69, 9.17) is 21.1 Å². The Morgan fingerprint density at radius 2 is 2.14 bits per heavy atom. The van der Waals surface area contributed by atoms with Crippen molar-refractivity contribution in [1.29, 1.82) is 0 Å². The van der Waals surface area contributed by atoms with Crippen molar-refractivity contribution in [3.63, 3.8) is 0 Å². The van der Waals surface area contributed by atoms with E-state index in [2.05, 4.69) is 0 Å². The molecule has 0 saturated carbocycles. The van der Waals surface area contributed by atoms with Crippen LogP contribution in [0.15, 0.2) is 12.1 Å². The van der Waals surface area contributed by atoms with Gasteiger partial charge in [-0.3, -0.25) is 19.7 Å². The van der Waals surface area contributed by atoms with Crippen LogP contribution < -0.4 is 4.74 Å². The first-order valence-electron chi connectivity index (χ1n) is 6.71. The third kappa shape index (κ3) is 5.33. The number of carbonyl (C=O) groups is 2. The maximum atomic E-state index is 11.1. The minimum Gasteiger partial charge on any atom is -0.492 e. The fourth-order valence-electron chi connectivity index (χ4n) is 1.71. The van der Waals surface area contributed by atoms with E-state index in [9.17, 15) is 19.7 Å². The number of nitrogens with zero attached hydrogens (tertiary/aromatic N) is 1. The highest BCUT2D eigenvalue weighted by Gasteiger charge is 2.18. The quantitative estimate of drug-likeness (QED) is 0.227. The molecule has 120 valence electrons. The van der Waals surface area contributed by atoms with Crippen LogP contribution in [0.25, 0.3) is 0 Å². The third-order valence-electron chi connectivity index (χ3n) is 2.74. The first kappa shape index (κ1) is 17.9. The van der Waals surface area contributed by atoms with Gasteiger partial charge in [0, 0.05) is 6.42 Å². The SMILES string of the molecule is CCOC(=O)CCCCOc1cc([N+](=O)[O-])c(C=O)cc1Cl. The molecule has 0 N–H and O–H groups in total. The Labute approximate surface area is 132 Å². The average molecular weight is 330 g/mol. The molecule has 0 saturated heterocycles. The van der Waals surface area contributed by atoms with Crippen LogP contribution in [-0.2, 0) is 9.53 Å². The van der Waals surface area contributed by atoms with E-state index >= 15 is 0 Å². The zero-order valence-corrected chi connectivity index (χ0v) is 12.8. The molecule has 7 nitrogen and oxygen atoms in total. The van der Waals surface area contributed by atoms with Gasteiger partial charge < -0.3 is 9.47 Å². The Morgan fingerprint density at radius 1 is 1.41 bits per heavy atom. The van der Waals surface area contributed by atoms with Crippen LogP contribution in [0.4, 0.5) is 5.69 Å². The number of rotatable bonds is 9. The number of carbonyl (C=O) groups excluding carboxylic acids is 2. The van der Waals surface area contributed by atoms with E-state index in [0.29, 0.717) is 25.7 Å². The molecule has 0 bridgehead atoms. The van der Waals surface area contributed by atoms with Crippen LogP contribution in [-0.4, -0.2) is 30.4 Å². The maximum Gasteiger partial charge on any atom is 0.305 e. The summed E-state index contributed by atoms with van der Waals surface area (Å²) in [6.45, 7) is 2.33. The van der Waals surface area contributed by atoms with Crippen LogP contribution in [0, 0.1) is 10.1 Å². The summed E-state index contributed by atoms with van der Waals surface area (Å²) in [5.41, 5.74) is -0.467. The molecular weight excluding hydrogens is 314 g/mol. The number of nitro benzene ring substituents is 1. The van der Waals surface area contributed by atoms with Gasteiger partial charge in [-0.05, 0) is 25.8 Å². The average Bonchev–Trinajstić information content (AvgIpc) is 2.47. The molecule has 22 heavy (non-hydrogen) atoms. The van der Waals surface area contributed by atoms with Gasteiger partial charge in [-0.15, -0.1) is 0 Å². The second kappa shape index (κ2) is 8.99. The Hall–Kier alpha value is -2.15. The standard InChI is InChI=1S/C14H16ClNO6/c1-2-21-14(18)5-3-4-6-22-13-8-12(16(19)20)10(9-17)7-11(13)15/h7-9H,2-6H2,1H3. The molecule has 0 aliphatic rings. The molecule has 0 unspecified atom stereocenters. The first-order valence-corrected chi connectivity index (χ1v) is 7.09.